The zero-order valence-electron chi connectivity index (χ0n) is 8.51. The number of carboxylic acid groups (broad SMARTS) is 1. The average Bonchev–Trinajstić information content (AvgIpc) is 2.23. The molecule has 1 aromatic rings. The zero-order valence-corrected chi connectivity index (χ0v) is 8.51. The van der Waals surface area contributed by atoms with Gasteiger partial charge in [-0.15, -0.1) is 0 Å². The summed E-state index contributed by atoms with van der Waals surface area (Å²) in [5.41, 5.74) is 1.00. The first-order valence-corrected chi connectivity index (χ1v) is 4.91. The molecule has 0 saturated carbocycles. The second-order valence-corrected chi connectivity index (χ2v) is 3.67. The van der Waals surface area contributed by atoms with Gasteiger partial charge in [-0.05, 0) is 18.6 Å². The quantitative estimate of drug-likeness (QED) is 0.761. The molecular formula is C11H11NO4. The Balaban J connectivity index is 2.32. The molecule has 0 aliphatic carbocycles. The Kier molecular flexibility index (Phi) is 2.52. The molecule has 2 rings (SSSR count). The van der Waals surface area contributed by atoms with Crippen molar-refractivity contribution in [2.24, 2.45) is 0 Å². The van der Waals surface area contributed by atoms with Crippen molar-refractivity contribution in [2.45, 2.75) is 6.42 Å². The largest absolute Gasteiger partial charge is 0.508 e. The third-order valence-corrected chi connectivity index (χ3v) is 2.63. The minimum Gasteiger partial charge on any atom is -0.508 e. The number of amides is 1. The predicted octanol–water partition coefficient (Wildman–Crippen LogP) is 0.475. The smallest absolute Gasteiger partial charge is 0.323 e. The molecule has 0 spiro atoms. The lowest BCUT2D eigenvalue weighted by Gasteiger charge is -2.27. The maximum absolute atomic E-state index is 11.9. The third-order valence-electron chi connectivity index (χ3n) is 2.63. The number of benzene rings is 1. The molecule has 5 nitrogen and oxygen atoms in total. The predicted molar refractivity (Wildman–Crippen MR) is 55.4 cm³/mol. The van der Waals surface area contributed by atoms with Crippen LogP contribution in [0.3, 0.4) is 0 Å². The van der Waals surface area contributed by atoms with Gasteiger partial charge in [-0.2, -0.15) is 0 Å². The van der Waals surface area contributed by atoms with Crippen LogP contribution in [0, 0.1) is 0 Å². The van der Waals surface area contributed by atoms with E-state index in [4.69, 9.17) is 5.11 Å². The van der Waals surface area contributed by atoms with E-state index in [-0.39, 0.29) is 18.2 Å². The minimum absolute atomic E-state index is 0.0980. The molecule has 16 heavy (non-hydrogen) atoms. The van der Waals surface area contributed by atoms with Crippen LogP contribution in [0.2, 0.25) is 0 Å². The Labute approximate surface area is 91.9 Å². The highest BCUT2D eigenvalue weighted by Crippen LogP contribution is 2.26. The van der Waals surface area contributed by atoms with E-state index in [2.05, 4.69) is 0 Å². The summed E-state index contributed by atoms with van der Waals surface area (Å²) in [6.07, 6.45) is 0.487. The molecule has 0 bridgehead atoms. The van der Waals surface area contributed by atoms with Crippen LogP contribution < -0.4 is 0 Å². The molecule has 0 atom stereocenters. The van der Waals surface area contributed by atoms with Crippen LogP contribution in [0.15, 0.2) is 18.2 Å². The van der Waals surface area contributed by atoms with Crippen LogP contribution in [-0.2, 0) is 11.2 Å². The molecular weight excluding hydrogens is 210 g/mol. The summed E-state index contributed by atoms with van der Waals surface area (Å²) in [7, 11) is 0. The van der Waals surface area contributed by atoms with Crippen molar-refractivity contribution in [3.05, 3.63) is 29.3 Å². The molecule has 1 heterocycles. The van der Waals surface area contributed by atoms with Gasteiger partial charge < -0.3 is 15.1 Å². The van der Waals surface area contributed by atoms with Gasteiger partial charge in [-0.1, -0.05) is 6.07 Å². The zero-order chi connectivity index (χ0) is 11.7. The highest BCUT2D eigenvalue weighted by Gasteiger charge is 2.27. The van der Waals surface area contributed by atoms with Gasteiger partial charge in [-0.3, -0.25) is 9.59 Å². The summed E-state index contributed by atoms with van der Waals surface area (Å²) in [4.78, 5) is 23.7. The summed E-state index contributed by atoms with van der Waals surface area (Å²) >= 11 is 0. The fourth-order valence-electron chi connectivity index (χ4n) is 1.87. The van der Waals surface area contributed by atoms with E-state index in [0.717, 1.165) is 0 Å². The second-order valence-electron chi connectivity index (χ2n) is 3.67. The SMILES string of the molecule is O=C(O)CN1CCc2c(O)cccc2C1=O. The summed E-state index contributed by atoms with van der Waals surface area (Å²) in [6.45, 7) is 0.0314. The van der Waals surface area contributed by atoms with Crippen molar-refractivity contribution in [3.63, 3.8) is 0 Å². The highest BCUT2D eigenvalue weighted by molar-refractivity contribution is 5.98. The lowest BCUT2D eigenvalue weighted by molar-refractivity contribution is -0.137. The molecule has 84 valence electrons. The van der Waals surface area contributed by atoms with Crippen LogP contribution in [0.25, 0.3) is 0 Å². The molecule has 0 fully saturated rings. The molecule has 0 saturated heterocycles. The number of hydrogen-bond donors (Lipinski definition) is 2. The number of hydrogen-bond acceptors (Lipinski definition) is 3. The van der Waals surface area contributed by atoms with E-state index in [1.54, 1.807) is 12.1 Å². The molecule has 0 aromatic heterocycles. The van der Waals surface area contributed by atoms with Gasteiger partial charge >= 0.3 is 5.97 Å². The standard InChI is InChI=1S/C11H11NO4/c13-9-3-1-2-8-7(9)4-5-12(11(8)16)6-10(14)15/h1-3,13H,4-6H2,(H,14,15). The fourth-order valence-corrected chi connectivity index (χ4v) is 1.87. The van der Waals surface area contributed by atoms with E-state index in [9.17, 15) is 14.7 Å². The van der Waals surface area contributed by atoms with E-state index in [0.29, 0.717) is 24.1 Å². The number of aliphatic carboxylic acids is 1. The van der Waals surface area contributed by atoms with Gasteiger partial charge in [0.05, 0.1) is 0 Å². The van der Waals surface area contributed by atoms with E-state index >= 15 is 0 Å². The van der Waals surface area contributed by atoms with E-state index in [1.807, 2.05) is 0 Å². The number of aromatic hydroxyl groups is 1. The van der Waals surface area contributed by atoms with Crippen molar-refractivity contribution >= 4 is 11.9 Å². The first-order valence-electron chi connectivity index (χ1n) is 4.91. The molecule has 1 aromatic carbocycles. The number of rotatable bonds is 2. The number of nitrogens with zero attached hydrogens (tertiary/aromatic N) is 1. The van der Waals surface area contributed by atoms with Gasteiger partial charge in [0.15, 0.2) is 0 Å². The Morgan fingerprint density at radius 2 is 2.19 bits per heavy atom. The van der Waals surface area contributed by atoms with E-state index < -0.39 is 5.97 Å². The Morgan fingerprint density at radius 3 is 2.88 bits per heavy atom. The number of carboxylic acids is 1. The fraction of sp³-hybridized carbons (Fsp3) is 0.273. The number of phenolic OH excluding ortho intramolecular Hbond substituents is 1. The number of carbonyl (C=O) groups is 2. The maximum Gasteiger partial charge on any atom is 0.323 e. The normalized spacial score (nSPS) is 14.8. The van der Waals surface area contributed by atoms with Crippen LogP contribution in [-0.4, -0.2) is 40.1 Å². The molecule has 2 N–H and O–H groups in total. The van der Waals surface area contributed by atoms with Crippen molar-refractivity contribution < 1.29 is 19.8 Å². The summed E-state index contributed by atoms with van der Waals surface area (Å²) < 4.78 is 0. The molecule has 1 aliphatic heterocycles. The maximum atomic E-state index is 11.9. The van der Waals surface area contributed by atoms with Gasteiger partial charge in [-0.25, -0.2) is 0 Å². The van der Waals surface area contributed by atoms with Crippen LogP contribution in [0.1, 0.15) is 15.9 Å². The minimum atomic E-state index is -1.03. The van der Waals surface area contributed by atoms with Crippen molar-refractivity contribution in [1.29, 1.82) is 0 Å². The number of carbonyl (C=O) groups excluding carboxylic acids is 1. The van der Waals surface area contributed by atoms with Crippen molar-refractivity contribution in [2.75, 3.05) is 13.1 Å². The molecule has 0 unspecified atom stereocenters. The summed E-state index contributed by atoms with van der Waals surface area (Å²) in [5.74, 6) is -1.27. The second kappa shape index (κ2) is 3.84. The summed E-state index contributed by atoms with van der Waals surface area (Å²) in [5, 5.41) is 18.2. The average molecular weight is 221 g/mol. The van der Waals surface area contributed by atoms with Gasteiger partial charge in [0, 0.05) is 17.7 Å². The molecule has 0 radical (unpaired) electrons. The molecule has 5 heteroatoms. The van der Waals surface area contributed by atoms with Crippen molar-refractivity contribution in [1.82, 2.24) is 4.90 Å². The van der Waals surface area contributed by atoms with Crippen LogP contribution >= 0.6 is 0 Å². The number of phenols is 1. The number of fused-ring (bicyclic) bond motifs is 1. The van der Waals surface area contributed by atoms with Gasteiger partial charge in [0.2, 0.25) is 0 Å². The Morgan fingerprint density at radius 1 is 1.44 bits per heavy atom. The molecule has 1 amide bonds. The Bertz CT molecular complexity index is 455. The van der Waals surface area contributed by atoms with Gasteiger partial charge in [0.25, 0.3) is 5.91 Å². The lowest BCUT2D eigenvalue weighted by atomic mass is 9.98. The lowest BCUT2D eigenvalue weighted by Crippen LogP contribution is -2.40. The van der Waals surface area contributed by atoms with Gasteiger partial charge in [0.1, 0.15) is 12.3 Å². The first kappa shape index (κ1) is 10.5. The highest BCUT2D eigenvalue weighted by atomic mass is 16.4. The summed E-state index contributed by atoms with van der Waals surface area (Å²) in [6, 6.07) is 4.71. The Hall–Kier alpha value is -2.04. The third kappa shape index (κ3) is 1.71. The van der Waals surface area contributed by atoms with Crippen molar-refractivity contribution in [3.8, 4) is 5.75 Å². The van der Waals surface area contributed by atoms with Crippen LogP contribution in [0.5, 0.6) is 5.75 Å². The molecule has 1 aliphatic rings. The first-order chi connectivity index (χ1) is 7.59. The monoisotopic (exact) mass is 221 g/mol. The topological polar surface area (TPSA) is 77.8 Å². The van der Waals surface area contributed by atoms with Crippen LogP contribution in [0.4, 0.5) is 0 Å². The van der Waals surface area contributed by atoms with E-state index in [1.165, 1.54) is 11.0 Å².